The molecule has 1 aromatic heterocycles. The van der Waals surface area contributed by atoms with Gasteiger partial charge in [-0.2, -0.15) is 0 Å². The molecule has 0 spiro atoms. The van der Waals surface area contributed by atoms with Crippen LogP contribution < -0.4 is 0 Å². The van der Waals surface area contributed by atoms with E-state index < -0.39 is 0 Å². The fourth-order valence-electron chi connectivity index (χ4n) is 1.47. The summed E-state index contributed by atoms with van der Waals surface area (Å²) in [5.41, 5.74) is 2.78. The normalized spacial score (nSPS) is 22.4. The molecule has 1 aliphatic carbocycles. The number of fused-ring (bicyclic) bond motifs is 1. The Balaban J connectivity index is 2.56. The molecule has 1 atom stereocenters. The van der Waals surface area contributed by atoms with E-state index in [-0.39, 0.29) is 0 Å². The lowest BCUT2D eigenvalue weighted by atomic mass is 10.1. The van der Waals surface area contributed by atoms with Crippen molar-refractivity contribution in [1.29, 1.82) is 0 Å². The fourth-order valence-corrected chi connectivity index (χ4v) is 3.30. The Morgan fingerprint density at radius 3 is 3.09 bits per heavy atom. The summed E-state index contributed by atoms with van der Waals surface area (Å²) in [5.74, 6) is 0.647. The molecule has 0 nitrogen and oxygen atoms in total. The maximum atomic E-state index is 4.08. The predicted octanol–water partition coefficient (Wildman–Crippen LogP) is 3.72. The minimum absolute atomic E-state index is 0.647. The zero-order valence-corrected chi connectivity index (χ0v) is 8.76. The van der Waals surface area contributed by atoms with Crippen LogP contribution in [0.15, 0.2) is 16.4 Å². The molecule has 1 aliphatic rings. The molecule has 11 heavy (non-hydrogen) atoms. The number of hydrogen-bond acceptors (Lipinski definition) is 1. The first-order chi connectivity index (χ1) is 5.20. The third-order valence-electron chi connectivity index (χ3n) is 2.24. The summed E-state index contributed by atoms with van der Waals surface area (Å²) in [6, 6.07) is 0. The second-order valence-corrected chi connectivity index (χ2v) is 4.76. The topological polar surface area (TPSA) is 0 Å². The summed E-state index contributed by atoms with van der Waals surface area (Å²) in [6.45, 7) is 6.32. The van der Waals surface area contributed by atoms with Gasteiger partial charge < -0.3 is 0 Å². The molecular formula is C9H9BrS. The monoisotopic (exact) mass is 228 g/mol. The Hall–Kier alpha value is -0.0800. The van der Waals surface area contributed by atoms with Crippen LogP contribution in [0.1, 0.15) is 17.4 Å². The zero-order chi connectivity index (χ0) is 8.01. The number of allylic oxidation sites excluding steroid dienone is 1. The summed E-state index contributed by atoms with van der Waals surface area (Å²) >= 11 is 5.35. The first-order valence-electron chi connectivity index (χ1n) is 3.65. The van der Waals surface area contributed by atoms with Gasteiger partial charge in [-0.25, -0.2) is 0 Å². The summed E-state index contributed by atoms with van der Waals surface area (Å²) in [4.78, 5) is 1.41. The van der Waals surface area contributed by atoms with Crippen molar-refractivity contribution in [3.8, 4) is 0 Å². The van der Waals surface area contributed by atoms with Gasteiger partial charge in [-0.1, -0.05) is 13.5 Å². The number of hydrogen-bond donors (Lipinski definition) is 0. The predicted molar refractivity (Wildman–Crippen MR) is 53.9 cm³/mol. The Labute approximate surface area is 79.1 Å². The average molecular weight is 229 g/mol. The number of halogens is 1. The van der Waals surface area contributed by atoms with E-state index in [1.807, 2.05) is 0 Å². The molecule has 1 unspecified atom stereocenters. The van der Waals surface area contributed by atoms with E-state index in [2.05, 4.69) is 34.8 Å². The third kappa shape index (κ3) is 1.00. The van der Waals surface area contributed by atoms with Gasteiger partial charge in [0.15, 0.2) is 0 Å². The molecule has 58 valence electrons. The van der Waals surface area contributed by atoms with E-state index in [4.69, 9.17) is 0 Å². The lowest BCUT2D eigenvalue weighted by Crippen LogP contribution is -1.89. The Bertz CT molecular complexity index is 311. The molecule has 0 radical (unpaired) electrons. The van der Waals surface area contributed by atoms with Gasteiger partial charge in [-0.3, -0.25) is 0 Å². The highest BCUT2D eigenvalue weighted by atomic mass is 79.9. The molecule has 0 bridgehead atoms. The Morgan fingerprint density at radius 2 is 2.45 bits per heavy atom. The highest BCUT2D eigenvalue weighted by Crippen LogP contribution is 2.43. The van der Waals surface area contributed by atoms with Gasteiger partial charge in [-0.15, -0.1) is 11.3 Å². The summed E-state index contributed by atoms with van der Waals surface area (Å²) in [7, 11) is 0. The molecule has 0 aromatic carbocycles. The quantitative estimate of drug-likeness (QED) is 0.636. The van der Waals surface area contributed by atoms with Gasteiger partial charge in [-0.05, 0) is 39.4 Å². The molecule has 0 amide bonds. The fraction of sp³-hybridized carbons (Fsp3) is 0.333. The first-order valence-corrected chi connectivity index (χ1v) is 5.32. The van der Waals surface area contributed by atoms with Crippen LogP contribution in [-0.2, 0) is 6.42 Å². The Kier molecular flexibility index (Phi) is 1.69. The lowest BCUT2D eigenvalue weighted by Gasteiger charge is -2.00. The molecule has 0 saturated carbocycles. The number of rotatable bonds is 0. The molecule has 1 aromatic rings. The maximum absolute atomic E-state index is 4.08. The largest absolute Gasteiger partial charge is 0.143 e. The van der Waals surface area contributed by atoms with Crippen molar-refractivity contribution in [3.05, 3.63) is 26.9 Å². The maximum Gasteiger partial charge on any atom is 0.0343 e. The van der Waals surface area contributed by atoms with Crippen molar-refractivity contribution >= 4 is 32.8 Å². The van der Waals surface area contributed by atoms with Crippen LogP contribution in [0.5, 0.6) is 0 Å². The van der Waals surface area contributed by atoms with E-state index >= 15 is 0 Å². The van der Waals surface area contributed by atoms with Crippen LogP contribution in [0.3, 0.4) is 0 Å². The third-order valence-corrected chi connectivity index (χ3v) is 4.35. The van der Waals surface area contributed by atoms with E-state index in [0.717, 1.165) is 6.42 Å². The van der Waals surface area contributed by atoms with Gasteiger partial charge in [0.25, 0.3) is 0 Å². The standard InChI is InChI=1S/C9H9BrS/c1-5-3-7-8(10)4-11-9(7)6(5)2/h4-5H,2-3H2,1H3. The van der Waals surface area contributed by atoms with Crippen molar-refractivity contribution in [2.75, 3.05) is 0 Å². The average Bonchev–Trinajstić information content (AvgIpc) is 2.43. The van der Waals surface area contributed by atoms with E-state index in [0.29, 0.717) is 5.92 Å². The second-order valence-electron chi connectivity index (χ2n) is 3.02. The number of thiophene rings is 1. The van der Waals surface area contributed by atoms with Crippen LogP contribution >= 0.6 is 27.3 Å². The summed E-state index contributed by atoms with van der Waals surface area (Å²) in [6.07, 6.45) is 1.16. The van der Waals surface area contributed by atoms with Gasteiger partial charge in [0, 0.05) is 14.7 Å². The zero-order valence-electron chi connectivity index (χ0n) is 6.36. The first kappa shape index (κ1) is 7.56. The van der Waals surface area contributed by atoms with Gasteiger partial charge >= 0.3 is 0 Å². The SMILES string of the molecule is C=C1c2scc(Br)c2CC1C. The van der Waals surface area contributed by atoms with Gasteiger partial charge in [0.05, 0.1) is 0 Å². The Morgan fingerprint density at radius 1 is 1.73 bits per heavy atom. The van der Waals surface area contributed by atoms with E-state index in [1.165, 1.54) is 20.5 Å². The molecule has 0 aliphatic heterocycles. The van der Waals surface area contributed by atoms with Gasteiger partial charge in [0.1, 0.15) is 0 Å². The molecule has 0 fully saturated rings. The van der Waals surface area contributed by atoms with Gasteiger partial charge in [0.2, 0.25) is 0 Å². The highest BCUT2D eigenvalue weighted by molar-refractivity contribution is 9.10. The summed E-state index contributed by atoms with van der Waals surface area (Å²) in [5, 5.41) is 2.15. The molecular weight excluding hydrogens is 220 g/mol. The van der Waals surface area contributed by atoms with Crippen LogP contribution in [0.25, 0.3) is 5.57 Å². The van der Waals surface area contributed by atoms with E-state index in [9.17, 15) is 0 Å². The molecule has 0 saturated heterocycles. The van der Waals surface area contributed by atoms with Crippen LogP contribution in [0.2, 0.25) is 0 Å². The van der Waals surface area contributed by atoms with Crippen molar-refractivity contribution in [2.45, 2.75) is 13.3 Å². The van der Waals surface area contributed by atoms with Crippen LogP contribution in [0, 0.1) is 5.92 Å². The van der Waals surface area contributed by atoms with Crippen molar-refractivity contribution in [3.63, 3.8) is 0 Å². The minimum Gasteiger partial charge on any atom is -0.143 e. The lowest BCUT2D eigenvalue weighted by molar-refractivity contribution is 0.780. The van der Waals surface area contributed by atoms with Crippen molar-refractivity contribution < 1.29 is 0 Å². The molecule has 2 heteroatoms. The van der Waals surface area contributed by atoms with Crippen LogP contribution in [-0.4, -0.2) is 0 Å². The highest BCUT2D eigenvalue weighted by Gasteiger charge is 2.25. The van der Waals surface area contributed by atoms with Crippen molar-refractivity contribution in [2.24, 2.45) is 5.92 Å². The smallest absolute Gasteiger partial charge is 0.0343 e. The van der Waals surface area contributed by atoms with E-state index in [1.54, 1.807) is 11.3 Å². The second kappa shape index (κ2) is 2.46. The molecule has 0 N–H and O–H groups in total. The molecule has 1 heterocycles. The van der Waals surface area contributed by atoms with Crippen LogP contribution in [0.4, 0.5) is 0 Å². The minimum atomic E-state index is 0.647. The van der Waals surface area contributed by atoms with Crippen molar-refractivity contribution in [1.82, 2.24) is 0 Å². The summed E-state index contributed by atoms with van der Waals surface area (Å²) < 4.78 is 1.27. The molecule has 2 rings (SSSR count).